The van der Waals surface area contributed by atoms with Gasteiger partial charge in [-0.25, -0.2) is 19.0 Å². The molecule has 0 unspecified atom stereocenters. The van der Waals surface area contributed by atoms with Crippen LogP contribution in [0.3, 0.4) is 0 Å². The number of ether oxygens (including phenoxy) is 2. The molecule has 0 saturated heterocycles. The molecule has 2 saturated carbocycles. The fourth-order valence-corrected chi connectivity index (χ4v) is 5.66. The van der Waals surface area contributed by atoms with Crippen molar-refractivity contribution < 1.29 is 23.5 Å². The Bertz CT molecular complexity index is 1280. The molecular formula is C26H35FN4O6. The van der Waals surface area contributed by atoms with Gasteiger partial charge in [0, 0.05) is 17.6 Å². The van der Waals surface area contributed by atoms with Gasteiger partial charge < -0.3 is 14.8 Å². The number of hydrogen-bond acceptors (Lipinski definition) is 7. The SMILES string of the molecule is COC(=O)C1CCC(c2c(F)cnc3[nH]c(=O)n(C4CCC(NC(=O)OC(C)(C)C)CC4)c(=O)c23)CC1. The Morgan fingerprint density at radius 3 is 2.32 bits per heavy atom. The number of methoxy groups -OCH3 is 1. The van der Waals surface area contributed by atoms with Crippen molar-refractivity contribution >= 4 is 23.1 Å². The highest BCUT2D eigenvalue weighted by Crippen LogP contribution is 2.39. The zero-order valence-electron chi connectivity index (χ0n) is 21.8. The molecule has 2 aromatic rings. The summed E-state index contributed by atoms with van der Waals surface area (Å²) in [7, 11) is 1.35. The van der Waals surface area contributed by atoms with E-state index in [2.05, 4.69) is 15.3 Å². The van der Waals surface area contributed by atoms with E-state index in [0.717, 1.165) is 6.20 Å². The van der Waals surface area contributed by atoms with Gasteiger partial charge >= 0.3 is 17.8 Å². The van der Waals surface area contributed by atoms with E-state index < -0.39 is 28.8 Å². The van der Waals surface area contributed by atoms with E-state index in [9.17, 15) is 19.2 Å². The van der Waals surface area contributed by atoms with Crippen LogP contribution in [0.15, 0.2) is 15.8 Å². The third kappa shape index (κ3) is 5.86. The minimum Gasteiger partial charge on any atom is -0.469 e. The average Bonchev–Trinajstić information content (AvgIpc) is 2.84. The van der Waals surface area contributed by atoms with E-state index in [1.165, 1.54) is 11.7 Å². The summed E-state index contributed by atoms with van der Waals surface area (Å²) >= 11 is 0. The molecule has 2 aromatic heterocycles. The Balaban J connectivity index is 1.57. The van der Waals surface area contributed by atoms with Crippen LogP contribution in [0, 0.1) is 11.7 Å². The smallest absolute Gasteiger partial charge is 0.407 e. The minimum absolute atomic E-state index is 0.0676. The summed E-state index contributed by atoms with van der Waals surface area (Å²) in [5.41, 5.74) is -1.42. The van der Waals surface area contributed by atoms with Crippen LogP contribution in [-0.2, 0) is 14.3 Å². The lowest BCUT2D eigenvalue weighted by atomic mass is 9.78. The average molecular weight is 519 g/mol. The van der Waals surface area contributed by atoms with Gasteiger partial charge in [0.25, 0.3) is 5.56 Å². The number of amides is 1. The molecule has 37 heavy (non-hydrogen) atoms. The van der Waals surface area contributed by atoms with E-state index in [1.807, 2.05) is 0 Å². The Kier molecular flexibility index (Phi) is 7.70. The number of halogens is 1. The number of hydrogen-bond donors (Lipinski definition) is 2. The van der Waals surface area contributed by atoms with Crippen molar-refractivity contribution in [1.82, 2.24) is 19.9 Å². The Morgan fingerprint density at radius 1 is 1.08 bits per heavy atom. The van der Waals surface area contributed by atoms with Crippen LogP contribution in [-0.4, -0.2) is 45.4 Å². The highest BCUT2D eigenvalue weighted by Gasteiger charge is 2.33. The van der Waals surface area contributed by atoms with E-state index in [-0.39, 0.29) is 46.5 Å². The first-order valence-electron chi connectivity index (χ1n) is 12.9. The van der Waals surface area contributed by atoms with Crippen molar-refractivity contribution in [2.45, 2.75) is 95.7 Å². The van der Waals surface area contributed by atoms with Crippen molar-refractivity contribution in [3.8, 4) is 0 Å². The zero-order chi connectivity index (χ0) is 26.9. The van der Waals surface area contributed by atoms with Crippen molar-refractivity contribution in [2.75, 3.05) is 7.11 Å². The molecule has 4 rings (SSSR count). The number of nitrogens with zero attached hydrogens (tertiary/aromatic N) is 2. The van der Waals surface area contributed by atoms with Crippen molar-refractivity contribution in [3.05, 3.63) is 38.4 Å². The van der Waals surface area contributed by atoms with Gasteiger partial charge in [-0.15, -0.1) is 0 Å². The van der Waals surface area contributed by atoms with Crippen LogP contribution >= 0.6 is 0 Å². The summed E-state index contributed by atoms with van der Waals surface area (Å²) in [6.07, 6.45) is 4.79. The molecule has 2 fully saturated rings. The highest BCUT2D eigenvalue weighted by atomic mass is 19.1. The molecule has 202 valence electrons. The molecule has 0 atom stereocenters. The van der Waals surface area contributed by atoms with Crippen LogP contribution in [0.5, 0.6) is 0 Å². The van der Waals surface area contributed by atoms with E-state index in [1.54, 1.807) is 20.8 Å². The normalized spacial score (nSPS) is 24.5. The third-order valence-electron chi connectivity index (χ3n) is 7.40. The summed E-state index contributed by atoms with van der Waals surface area (Å²) in [4.78, 5) is 57.3. The third-order valence-corrected chi connectivity index (χ3v) is 7.40. The summed E-state index contributed by atoms with van der Waals surface area (Å²) in [5, 5.41) is 2.95. The molecule has 2 heterocycles. The predicted molar refractivity (Wildman–Crippen MR) is 134 cm³/mol. The summed E-state index contributed by atoms with van der Waals surface area (Å²) in [6, 6.07) is -0.510. The summed E-state index contributed by atoms with van der Waals surface area (Å²) in [5.74, 6) is -1.37. The zero-order valence-corrected chi connectivity index (χ0v) is 21.8. The topological polar surface area (TPSA) is 132 Å². The highest BCUT2D eigenvalue weighted by molar-refractivity contribution is 5.78. The van der Waals surface area contributed by atoms with E-state index in [4.69, 9.17) is 9.47 Å². The van der Waals surface area contributed by atoms with Gasteiger partial charge in [0.05, 0.1) is 24.6 Å². The van der Waals surface area contributed by atoms with Gasteiger partial charge in [0.1, 0.15) is 17.1 Å². The number of carbonyl (C=O) groups is 2. The van der Waals surface area contributed by atoms with Gasteiger partial charge in [0.2, 0.25) is 0 Å². The number of pyridine rings is 1. The monoisotopic (exact) mass is 518 g/mol. The Hall–Kier alpha value is -3.24. The van der Waals surface area contributed by atoms with Crippen LogP contribution in [0.2, 0.25) is 0 Å². The number of nitrogens with one attached hydrogen (secondary N) is 2. The van der Waals surface area contributed by atoms with Crippen LogP contribution in [0.25, 0.3) is 11.0 Å². The first kappa shape index (κ1) is 26.8. The maximum Gasteiger partial charge on any atom is 0.407 e. The second-order valence-electron chi connectivity index (χ2n) is 11.1. The maximum absolute atomic E-state index is 15.1. The van der Waals surface area contributed by atoms with Crippen LogP contribution < -0.4 is 16.6 Å². The number of carbonyl (C=O) groups excluding carboxylic acids is 2. The molecule has 10 nitrogen and oxygen atoms in total. The number of esters is 1. The number of rotatable bonds is 4. The van der Waals surface area contributed by atoms with Crippen LogP contribution in [0.4, 0.5) is 9.18 Å². The molecule has 11 heteroatoms. The largest absolute Gasteiger partial charge is 0.469 e. The lowest BCUT2D eigenvalue weighted by Gasteiger charge is -2.31. The Morgan fingerprint density at radius 2 is 1.73 bits per heavy atom. The fourth-order valence-electron chi connectivity index (χ4n) is 5.66. The van der Waals surface area contributed by atoms with Crippen molar-refractivity contribution in [2.24, 2.45) is 5.92 Å². The molecule has 0 aromatic carbocycles. The molecular weight excluding hydrogens is 483 g/mol. The number of aromatic nitrogens is 3. The molecule has 2 N–H and O–H groups in total. The lowest BCUT2D eigenvalue weighted by Crippen LogP contribution is -2.44. The number of alkyl carbamates (subject to hydrolysis) is 1. The molecule has 0 radical (unpaired) electrons. The second kappa shape index (κ2) is 10.6. The number of fused-ring (bicyclic) bond motifs is 1. The van der Waals surface area contributed by atoms with Gasteiger partial charge in [-0.3, -0.25) is 19.1 Å². The van der Waals surface area contributed by atoms with Gasteiger partial charge in [-0.2, -0.15) is 0 Å². The Labute approximate surface area is 213 Å². The number of aromatic amines is 1. The van der Waals surface area contributed by atoms with Crippen molar-refractivity contribution in [1.29, 1.82) is 0 Å². The molecule has 2 aliphatic carbocycles. The summed E-state index contributed by atoms with van der Waals surface area (Å²) < 4.78 is 26.5. The van der Waals surface area contributed by atoms with E-state index >= 15 is 4.39 Å². The fraction of sp³-hybridized carbons (Fsp3) is 0.654. The van der Waals surface area contributed by atoms with E-state index in [0.29, 0.717) is 51.4 Å². The minimum atomic E-state index is -0.605. The standard InChI is InChI=1S/C26H35FN4O6/c1-26(2,3)37-25(35)29-16-9-11-17(12-10-16)31-22(32)20-19(18(27)13-28-21(20)30-24(31)34)14-5-7-15(8-6-14)23(33)36-4/h13-17H,5-12H2,1-4H3,(H,29,35)(H,28,30,34). The van der Waals surface area contributed by atoms with Crippen LogP contribution in [0.1, 0.15) is 89.7 Å². The second-order valence-corrected chi connectivity index (χ2v) is 11.1. The first-order valence-corrected chi connectivity index (χ1v) is 12.9. The van der Waals surface area contributed by atoms with Crippen molar-refractivity contribution in [3.63, 3.8) is 0 Å². The predicted octanol–water partition coefficient (Wildman–Crippen LogP) is 3.68. The molecule has 2 aliphatic rings. The molecule has 0 aliphatic heterocycles. The maximum atomic E-state index is 15.1. The molecule has 0 spiro atoms. The van der Waals surface area contributed by atoms with Gasteiger partial charge in [-0.05, 0) is 78.1 Å². The first-order chi connectivity index (χ1) is 17.5. The van der Waals surface area contributed by atoms with Gasteiger partial charge in [0.15, 0.2) is 0 Å². The summed E-state index contributed by atoms with van der Waals surface area (Å²) in [6.45, 7) is 5.37. The quantitative estimate of drug-likeness (QED) is 0.590. The molecule has 0 bridgehead atoms. The molecule has 1 amide bonds. The van der Waals surface area contributed by atoms with Gasteiger partial charge in [-0.1, -0.05) is 0 Å². The lowest BCUT2D eigenvalue weighted by molar-refractivity contribution is -0.146. The number of H-pyrrole nitrogens is 1.